The SMILES string of the molecule is CC(C)(C)[Si](OCCOCCOCCOCCOCCOCCOCCOCCOCCCCCC(=O)Nc1cccc2c1C(=O)N(C1CCC(=O)NC1=O)C2=O)(c1ccccc1)c1ccccc1. The normalized spacial score (nSPS) is 15.2. The van der Waals surface area contributed by atoms with Gasteiger partial charge in [-0.15, -0.1) is 0 Å². The molecule has 0 aromatic heterocycles. The highest BCUT2D eigenvalue weighted by Gasteiger charge is 2.50. The molecule has 5 rings (SSSR count). The fourth-order valence-electron chi connectivity index (χ4n) is 8.16. The molecule has 1 unspecified atom stereocenters. The maximum Gasteiger partial charge on any atom is 0.264 e. The van der Waals surface area contributed by atoms with Gasteiger partial charge >= 0.3 is 0 Å². The van der Waals surface area contributed by atoms with Crippen LogP contribution in [-0.4, -0.2) is 161 Å². The molecule has 0 saturated carbocycles. The molecule has 0 radical (unpaired) electrons. The van der Waals surface area contributed by atoms with Gasteiger partial charge in [0.1, 0.15) is 6.04 Å². The van der Waals surface area contributed by atoms with Gasteiger partial charge in [0.15, 0.2) is 0 Å². The maximum atomic E-state index is 13.2. The zero-order valence-electron chi connectivity index (χ0n) is 40.5. The second-order valence-corrected chi connectivity index (χ2v) is 21.8. The van der Waals surface area contributed by atoms with Crippen molar-refractivity contribution in [1.29, 1.82) is 0 Å². The first-order valence-electron chi connectivity index (χ1n) is 24.1. The minimum Gasteiger partial charge on any atom is -0.405 e. The van der Waals surface area contributed by atoms with E-state index < -0.39 is 38.0 Å². The van der Waals surface area contributed by atoms with Crippen LogP contribution in [0.15, 0.2) is 78.9 Å². The van der Waals surface area contributed by atoms with E-state index >= 15 is 0 Å². The molecule has 17 nitrogen and oxygen atoms in total. The van der Waals surface area contributed by atoms with E-state index in [-0.39, 0.29) is 47.0 Å². The quantitative estimate of drug-likeness (QED) is 0.0481. The van der Waals surface area contributed by atoms with Crippen molar-refractivity contribution in [3.8, 4) is 0 Å². The van der Waals surface area contributed by atoms with Crippen molar-refractivity contribution in [1.82, 2.24) is 10.2 Å². The summed E-state index contributed by atoms with van der Waals surface area (Å²) in [4.78, 5) is 63.7. The number of hydrogen-bond acceptors (Lipinski definition) is 14. The van der Waals surface area contributed by atoms with Crippen molar-refractivity contribution in [2.45, 2.75) is 70.4 Å². The summed E-state index contributed by atoms with van der Waals surface area (Å²) >= 11 is 0. The molecule has 3 aromatic rings. The van der Waals surface area contributed by atoms with Crippen molar-refractivity contribution in [3.63, 3.8) is 0 Å². The first kappa shape index (κ1) is 55.2. The van der Waals surface area contributed by atoms with Crippen LogP contribution < -0.4 is 21.0 Å². The Morgan fingerprint density at radius 1 is 0.580 bits per heavy atom. The largest absolute Gasteiger partial charge is 0.405 e. The minimum atomic E-state index is -2.56. The average molecular weight is 978 g/mol. The molecule has 1 saturated heterocycles. The number of benzene rings is 3. The van der Waals surface area contributed by atoms with Gasteiger partial charge in [-0.25, -0.2) is 0 Å². The molecule has 69 heavy (non-hydrogen) atoms. The highest BCUT2D eigenvalue weighted by atomic mass is 28.4. The monoisotopic (exact) mass is 977 g/mol. The summed E-state index contributed by atoms with van der Waals surface area (Å²) in [6.45, 7) is 14.8. The number of piperidine rings is 1. The zero-order valence-corrected chi connectivity index (χ0v) is 41.5. The van der Waals surface area contributed by atoms with E-state index in [1.54, 1.807) is 12.1 Å². The Morgan fingerprint density at radius 2 is 1.04 bits per heavy atom. The van der Waals surface area contributed by atoms with Crippen LogP contribution >= 0.6 is 0 Å². The van der Waals surface area contributed by atoms with E-state index in [9.17, 15) is 24.0 Å². The number of anilines is 1. The van der Waals surface area contributed by atoms with E-state index in [1.165, 1.54) is 16.4 Å². The number of carbonyl (C=O) groups excluding carboxylic acids is 5. The lowest BCUT2D eigenvalue weighted by Gasteiger charge is -2.43. The van der Waals surface area contributed by atoms with E-state index in [4.69, 9.17) is 42.3 Å². The van der Waals surface area contributed by atoms with Gasteiger partial charge in [-0.1, -0.05) is 93.9 Å². The van der Waals surface area contributed by atoms with Crippen molar-refractivity contribution in [2.75, 3.05) is 118 Å². The van der Waals surface area contributed by atoms with Crippen molar-refractivity contribution >= 4 is 53.9 Å². The Morgan fingerprint density at radius 3 is 1.51 bits per heavy atom. The predicted octanol–water partition coefficient (Wildman–Crippen LogP) is 4.30. The summed E-state index contributed by atoms with van der Waals surface area (Å²) in [7, 11) is -2.56. The van der Waals surface area contributed by atoms with E-state index in [0.29, 0.717) is 119 Å². The summed E-state index contributed by atoms with van der Waals surface area (Å²) in [6.07, 6.45) is 2.44. The Balaban J connectivity index is 0.748. The molecule has 18 heteroatoms. The van der Waals surface area contributed by atoms with Crippen molar-refractivity contribution < 1.29 is 66.3 Å². The Hall–Kier alpha value is -4.73. The third-order valence-corrected chi connectivity index (χ3v) is 16.5. The predicted molar refractivity (Wildman–Crippen MR) is 260 cm³/mol. The molecule has 2 N–H and O–H groups in total. The zero-order chi connectivity index (χ0) is 49.2. The number of amides is 5. The lowest BCUT2D eigenvalue weighted by Crippen LogP contribution is -2.66. The smallest absolute Gasteiger partial charge is 0.264 e. The van der Waals surface area contributed by atoms with Crippen LogP contribution in [0.25, 0.3) is 0 Å². The molecule has 2 heterocycles. The van der Waals surface area contributed by atoms with Gasteiger partial charge in [-0.2, -0.15) is 0 Å². The molecular formula is C51H71N3O14Si. The summed E-state index contributed by atoms with van der Waals surface area (Å²) in [5.41, 5.74) is 0.381. The molecule has 0 aliphatic carbocycles. The number of nitrogens with one attached hydrogen (secondary N) is 2. The molecule has 1 fully saturated rings. The van der Waals surface area contributed by atoms with E-state index in [2.05, 4.69) is 79.9 Å². The first-order chi connectivity index (χ1) is 33.5. The molecule has 3 aromatic carbocycles. The van der Waals surface area contributed by atoms with Crippen LogP contribution in [0.5, 0.6) is 0 Å². The maximum absolute atomic E-state index is 13.2. The number of carbonyl (C=O) groups is 5. The van der Waals surface area contributed by atoms with E-state index in [0.717, 1.165) is 17.7 Å². The highest BCUT2D eigenvalue weighted by Crippen LogP contribution is 2.37. The third-order valence-electron chi connectivity index (χ3n) is 11.5. The van der Waals surface area contributed by atoms with Crippen LogP contribution in [0.2, 0.25) is 5.04 Å². The van der Waals surface area contributed by atoms with Crippen molar-refractivity contribution in [2.24, 2.45) is 0 Å². The lowest BCUT2D eigenvalue weighted by atomic mass is 10.0. The molecule has 0 bridgehead atoms. The Bertz CT molecular complexity index is 2000. The summed E-state index contributed by atoms with van der Waals surface area (Å²) < 4.78 is 51.8. The Kier molecular flexibility index (Phi) is 24.1. The highest BCUT2D eigenvalue weighted by molar-refractivity contribution is 6.99. The van der Waals surface area contributed by atoms with Gasteiger partial charge in [-0.3, -0.25) is 34.2 Å². The fourth-order valence-corrected chi connectivity index (χ4v) is 12.7. The van der Waals surface area contributed by atoms with E-state index in [1.807, 2.05) is 12.1 Å². The molecule has 5 amide bonds. The molecule has 378 valence electrons. The van der Waals surface area contributed by atoms with Crippen LogP contribution in [0.4, 0.5) is 5.69 Å². The number of unbranched alkanes of at least 4 members (excludes halogenated alkanes) is 2. The fraction of sp³-hybridized carbons (Fsp3) is 0.549. The van der Waals surface area contributed by atoms with Crippen LogP contribution in [0, 0.1) is 0 Å². The topological polar surface area (TPSA) is 196 Å². The first-order valence-corrected chi connectivity index (χ1v) is 26.0. The van der Waals surface area contributed by atoms with Gasteiger partial charge in [0.2, 0.25) is 17.7 Å². The van der Waals surface area contributed by atoms with Gasteiger partial charge in [0.05, 0.1) is 123 Å². The van der Waals surface area contributed by atoms with Gasteiger partial charge in [0, 0.05) is 19.4 Å². The third kappa shape index (κ3) is 17.3. The second-order valence-electron chi connectivity index (χ2n) is 17.4. The summed E-state index contributed by atoms with van der Waals surface area (Å²) in [5.74, 6) is -2.72. The summed E-state index contributed by atoms with van der Waals surface area (Å²) in [6, 6.07) is 24.7. The van der Waals surface area contributed by atoms with Gasteiger partial charge in [0.25, 0.3) is 20.1 Å². The molecule has 1 atom stereocenters. The number of nitrogens with zero attached hydrogens (tertiary/aromatic N) is 1. The molecular weight excluding hydrogens is 907 g/mol. The number of imide groups is 2. The van der Waals surface area contributed by atoms with Gasteiger partial charge in [-0.05, 0) is 46.8 Å². The number of fused-ring (bicyclic) bond motifs is 1. The van der Waals surface area contributed by atoms with Crippen molar-refractivity contribution in [3.05, 3.63) is 90.0 Å². The standard InChI is InChI=1S/C51H71N3O14Si/c1-51(2,3)69(40-14-7-4-8-15-40,41-16-9-5-10-17-41)68-39-38-67-37-36-66-35-34-65-33-32-64-31-30-63-29-28-62-27-26-61-25-24-60-23-12-6-11-20-45(55)52-43-19-13-18-42-47(43)50(59)54(49(42)58)44-21-22-46(56)53-48(44)57/h4-5,7-10,13-19,44H,6,11-12,20-39H2,1-3H3,(H,52,55)(H,53,56,57). The molecule has 0 spiro atoms. The minimum absolute atomic E-state index is 0.0270. The lowest BCUT2D eigenvalue weighted by molar-refractivity contribution is -0.136. The molecule has 2 aliphatic rings. The van der Waals surface area contributed by atoms with Gasteiger partial charge < -0.3 is 47.6 Å². The number of ether oxygens (including phenoxy) is 8. The number of rotatable bonds is 35. The average Bonchev–Trinajstić information content (AvgIpc) is 3.59. The Labute approximate surface area is 407 Å². The molecule has 2 aliphatic heterocycles. The van der Waals surface area contributed by atoms with Crippen LogP contribution in [-0.2, 0) is 56.7 Å². The van der Waals surface area contributed by atoms with Crippen LogP contribution in [0.1, 0.15) is 80.0 Å². The number of hydrogen-bond donors (Lipinski definition) is 2. The van der Waals surface area contributed by atoms with Crippen LogP contribution in [0.3, 0.4) is 0 Å². The summed E-state index contributed by atoms with van der Waals surface area (Å²) in [5, 5.41) is 7.35. The second kappa shape index (κ2) is 30.1.